The van der Waals surface area contributed by atoms with Crippen LogP contribution in [-0.2, 0) is 11.2 Å². The van der Waals surface area contributed by atoms with Crippen molar-refractivity contribution in [2.75, 3.05) is 13.2 Å². The number of carboxylic acid groups (broad SMARTS) is 1. The van der Waals surface area contributed by atoms with E-state index in [0.29, 0.717) is 13.0 Å². The van der Waals surface area contributed by atoms with Crippen molar-refractivity contribution < 1.29 is 19.8 Å². The number of nitrogens with zero attached hydrogens (tertiary/aromatic N) is 1. The molecular formula is C10H16N4O4. The molecule has 5 N–H and O–H groups in total. The van der Waals surface area contributed by atoms with Crippen LogP contribution >= 0.6 is 0 Å². The SMILES string of the molecule is O=C(NCCc1ncc[nH]1)N[C@@H](CCO)C(=O)O. The third kappa shape index (κ3) is 4.83. The van der Waals surface area contributed by atoms with E-state index in [1.54, 1.807) is 12.4 Å². The predicted octanol–water partition coefficient (Wildman–Crippen LogP) is -0.913. The number of carbonyl (C=O) groups is 2. The van der Waals surface area contributed by atoms with Crippen molar-refractivity contribution in [3.05, 3.63) is 18.2 Å². The van der Waals surface area contributed by atoms with Crippen molar-refractivity contribution in [1.29, 1.82) is 0 Å². The summed E-state index contributed by atoms with van der Waals surface area (Å²) in [5, 5.41) is 22.2. The number of carbonyl (C=O) groups excluding carboxylic acids is 1. The zero-order valence-corrected chi connectivity index (χ0v) is 9.72. The molecule has 0 unspecified atom stereocenters. The van der Waals surface area contributed by atoms with Crippen LogP contribution in [0.4, 0.5) is 4.79 Å². The van der Waals surface area contributed by atoms with Crippen molar-refractivity contribution in [3.8, 4) is 0 Å². The van der Waals surface area contributed by atoms with Gasteiger partial charge in [-0.2, -0.15) is 0 Å². The maximum absolute atomic E-state index is 11.4. The lowest BCUT2D eigenvalue weighted by atomic mass is 10.2. The summed E-state index contributed by atoms with van der Waals surface area (Å²) in [6.45, 7) is 0.0362. The molecule has 0 saturated heterocycles. The van der Waals surface area contributed by atoms with E-state index in [4.69, 9.17) is 10.2 Å². The number of aliphatic hydroxyl groups excluding tert-OH is 1. The normalized spacial score (nSPS) is 11.8. The number of aliphatic hydroxyl groups is 1. The number of hydrogen-bond donors (Lipinski definition) is 5. The van der Waals surface area contributed by atoms with Crippen molar-refractivity contribution in [2.24, 2.45) is 0 Å². The highest BCUT2D eigenvalue weighted by Gasteiger charge is 2.18. The zero-order chi connectivity index (χ0) is 13.4. The molecule has 1 aromatic heterocycles. The van der Waals surface area contributed by atoms with E-state index in [1.807, 2.05) is 0 Å². The zero-order valence-electron chi connectivity index (χ0n) is 9.72. The van der Waals surface area contributed by atoms with Crippen LogP contribution in [0.3, 0.4) is 0 Å². The molecule has 0 bridgehead atoms. The van der Waals surface area contributed by atoms with Crippen molar-refractivity contribution >= 4 is 12.0 Å². The second kappa shape index (κ2) is 7.28. The van der Waals surface area contributed by atoms with Crippen molar-refractivity contribution in [2.45, 2.75) is 18.9 Å². The van der Waals surface area contributed by atoms with E-state index in [1.165, 1.54) is 0 Å². The number of aromatic amines is 1. The predicted molar refractivity (Wildman–Crippen MR) is 62.0 cm³/mol. The van der Waals surface area contributed by atoms with Gasteiger partial charge < -0.3 is 25.8 Å². The Morgan fingerprint density at radius 1 is 1.50 bits per heavy atom. The molecule has 0 fully saturated rings. The number of amides is 2. The molecule has 100 valence electrons. The van der Waals surface area contributed by atoms with E-state index < -0.39 is 18.0 Å². The molecular weight excluding hydrogens is 240 g/mol. The first kappa shape index (κ1) is 14.0. The third-order valence-electron chi connectivity index (χ3n) is 2.22. The summed E-state index contributed by atoms with van der Waals surface area (Å²) < 4.78 is 0. The average Bonchev–Trinajstić information content (AvgIpc) is 2.81. The van der Waals surface area contributed by atoms with Gasteiger partial charge in [0.2, 0.25) is 0 Å². The molecule has 0 radical (unpaired) electrons. The highest BCUT2D eigenvalue weighted by atomic mass is 16.4. The smallest absolute Gasteiger partial charge is 0.326 e. The number of aliphatic carboxylic acids is 1. The Morgan fingerprint density at radius 2 is 2.28 bits per heavy atom. The Bertz CT molecular complexity index is 379. The quantitative estimate of drug-likeness (QED) is 0.431. The van der Waals surface area contributed by atoms with Gasteiger partial charge in [0.05, 0.1) is 0 Å². The topological polar surface area (TPSA) is 127 Å². The van der Waals surface area contributed by atoms with Gasteiger partial charge in [0.25, 0.3) is 0 Å². The molecule has 0 aromatic carbocycles. The maximum atomic E-state index is 11.4. The van der Waals surface area contributed by atoms with Crippen LogP contribution in [0.2, 0.25) is 0 Å². The first-order valence-corrected chi connectivity index (χ1v) is 5.49. The number of aromatic nitrogens is 2. The molecule has 0 aliphatic carbocycles. The van der Waals surface area contributed by atoms with Gasteiger partial charge in [-0.25, -0.2) is 14.6 Å². The molecule has 8 heteroatoms. The standard InChI is InChI=1S/C10H16N4O4/c15-6-2-7(9(16)17)14-10(18)13-3-1-8-11-4-5-12-8/h4-5,7,15H,1-3,6H2,(H,11,12)(H,16,17)(H2,13,14,18)/t7-/m0/s1. The molecule has 0 aliphatic heterocycles. The Labute approximate surface area is 103 Å². The lowest BCUT2D eigenvalue weighted by molar-refractivity contribution is -0.139. The summed E-state index contributed by atoms with van der Waals surface area (Å²) in [4.78, 5) is 28.9. The number of H-pyrrole nitrogens is 1. The number of hydrogen-bond acceptors (Lipinski definition) is 4. The van der Waals surface area contributed by atoms with Crippen LogP contribution in [-0.4, -0.2) is 51.4 Å². The highest BCUT2D eigenvalue weighted by Crippen LogP contribution is 1.92. The Morgan fingerprint density at radius 3 is 2.83 bits per heavy atom. The van der Waals surface area contributed by atoms with Gasteiger partial charge in [0.1, 0.15) is 11.9 Å². The second-order valence-corrected chi connectivity index (χ2v) is 3.59. The van der Waals surface area contributed by atoms with Crippen LogP contribution in [0.25, 0.3) is 0 Å². The lowest BCUT2D eigenvalue weighted by Gasteiger charge is -2.13. The van der Waals surface area contributed by atoms with E-state index in [0.717, 1.165) is 5.82 Å². The first-order chi connectivity index (χ1) is 8.63. The molecule has 0 spiro atoms. The molecule has 1 rings (SSSR count). The fourth-order valence-electron chi connectivity index (χ4n) is 1.32. The van der Waals surface area contributed by atoms with Gasteiger partial charge in [-0.05, 0) is 0 Å². The van der Waals surface area contributed by atoms with Gasteiger partial charge in [-0.3, -0.25) is 0 Å². The summed E-state index contributed by atoms with van der Waals surface area (Å²) >= 11 is 0. The summed E-state index contributed by atoms with van der Waals surface area (Å²) in [7, 11) is 0. The maximum Gasteiger partial charge on any atom is 0.326 e. The van der Waals surface area contributed by atoms with Gasteiger partial charge in [0, 0.05) is 38.4 Å². The molecule has 18 heavy (non-hydrogen) atoms. The van der Waals surface area contributed by atoms with Crippen LogP contribution in [0.5, 0.6) is 0 Å². The molecule has 1 aromatic rings. The molecule has 2 amide bonds. The number of imidazole rings is 1. The summed E-state index contributed by atoms with van der Waals surface area (Å²) in [6.07, 6.45) is 3.79. The minimum Gasteiger partial charge on any atom is -0.480 e. The van der Waals surface area contributed by atoms with Gasteiger partial charge in [0.15, 0.2) is 0 Å². The lowest BCUT2D eigenvalue weighted by Crippen LogP contribution is -2.46. The van der Waals surface area contributed by atoms with Crippen LogP contribution in [0, 0.1) is 0 Å². The number of urea groups is 1. The molecule has 0 saturated carbocycles. The highest BCUT2D eigenvalue weighted by molar-refractivity contribution is 5.82. The Hall–Kier alpha value is -2.09. The molecule has 1 heterocycles. The number of nitrogens with one attached hydrogen (secondary N) is 3. The van der Waals surface area contributed by atoms with Gasteiger partial charge >= 0.3 is 12.0 Å². The van der Waals surface area contributed by atoms with E-state index >= 15 is 0 Å². The van der Waals surface area contributed by atoms with Crippen molar-refractivity contribution in [3.63, 3.8) is 0 Å². The Kier molecular flexibility index (Phi) is 5.65. The fraction of sp³-hybridized carbons (Fsp3) is 0.500. The van der Waals surface area contributed by atoms with E-state index in [2.05, 4.69) is 20.6 Å². The van der Waals surface area contributed by atoms with E-state index in [9.17, 15) is 9.59 Å². The monoisotopic (exact) mass is 256 g/mol. The minimum absolute atomic E-state index is 0.0268. The molecule has 1 atom stereocenters. The number of carboxylic acids is 1. The van der Waals surface area contributed by atoms with Gasteiger partial charge in [-0.15, -0.1) is 0 Å². The third-order valence-corrected chi connectivity index (χ3v) is 2.22. The van der Waals surface area contributed by atoms with Crippen LogP contribution < -0.4 is 10.6 Å². The van der Waals surface area contributed by atoms with Gasteiger partial charge in [-0.1, -0.05) is 0 Å². The van der Waals surface area contributed by atoms with Crippen LogP contribution in [0.15, 0.2) is 12.4 Å². The summed E-state index contributed by atoms with van der Waals surface area (Å²) in [5.41, 5.74) is 0. The second-order valence-electron chi connectivity index (χ2n) is 3.59. The van der Waals surface area contributed by atoms with E-state index in [-0.39, 0.29) is 13.0 Å². The number of rotatable bonds is 7. The summed E-state index contributed by atoms with van der Waals surface area (Å²) in [5.74, 6) is -0.439. The minimum atomic E-state index is -1.18. The van der Waals surface area contributed by atoms with Crippen molar-refractivity contribution in [1.82, 2.24) is 20.6 Å². The van der Waals surface area contributed by atoms with Crippen LogP contribution in [0.1, 0.15) is 12.2 Å². The fourth-order valence-corrected chi connectivity index (χ4v) is 1.32. The molecule has 0 aliphatic rings. The Balaban J connectivity index is 2.25. The largest absolute Gasteiger partial charge is 0.480 e. The molecule has 8 nitrogen and oxygen atoms in total. The average molecular weight is 256 g/mol. The first-order valence-electron chi connectivity index (χ1n) is 5.49. The summed E-state index contributed by atoms with van der Waals surface area (Å²) in [6, 6.07) is -1.67.